The van der Waals surface area contributed by atoms with Crippen LogP contribution >= 0.6 is 11.3 Å². The van der Waals surface area contributed by atoms with E-state index in [1.807, 2.05) is 0 Å². The predicted octanol–water partition coefficient (Wildman–Crippen LogP) is 2.43. The molecule has 0 bridgehead atoms. The van der Waals surface area contributed by atoms with Crippen molar-refractivity contribution in [3.8, 4) is 5.88 Å². The number of carbonyl (C=O) groups excluding carboxylic acids is 1. The summed E-state index contributed by atoms with van der Waals surface area (Å²) in [6.45, 7) is -0.0796. The lowest BCUT2D eigenvalue weighted by Crippen LogP contribution is -2.19. The van der Waals surface area contributed by atoms with Gasteiger partial charge in [-0.3, -0.25) is 10.3 Å². The molecule has 0 aliphatic carbocycles. The van der Waals surface area contributed by atoms with E-state index in [4.69, 9.17) is 4.74 Å². The highest BCUT2D eigenvalue weighted by molar-refractivity contribution is 7.92. The molecule has 2 N–H and O–H groups in total. The summed E-state index contributed by atoms with van der Waals surface area (Å²) in [5.74, 6) is -0.225. The van der Waals surface area contributed by atoms with Gasteiger partial charge in [-0.25, -0.2) is 14.2 Å². The first-order chi connectivity index (χ1) is 13.0. The topological polar surface area (TPSA) is 125 Å². The van der Waals surface area contributed by atoms with Crippen LogP contribution in [-0.4, -0.2) is 37.0 Å². The third-order valence-electron chi connectivity index (χ3n) is 3.09. The highest BCUT2D eigenvalue weighted by Crippen LogP contribution is 2.20. The van der Waals surface area contributed by atoms with E-state index in [2.05, 4.69) is 30.8 Å². The number of ether oxygens (including phenoxy) is 1. The van der Waals surface area contributed by atoms with Gasteiger partial charge < -0.3 is 14.6 Å². The van der Waals surface area contributed by atoms with Crippen molar-refractivity contribution in [1.29, 1.82) is 0 Å². The zero-order chi connectivity index (χ0) is 19.2. The molecule has 27 heavy (non-hydrogen) atoms. The Morgan fingerprint density at radius 3 is 2.89 bits per heavy atom. The molecule has 140 valence electrons. The third kappa shape index (κ3) is 5.32. The Morgan fingerprint density at radius 2 is 2.19 bits per heavy atom. The quantitative estimate of drug-likeness (QED) is 0.474. The number of urea groups is 1. The maximum atomic E-state index is 13.9. The van der Waals surface area contributed by atoms with E-state index in [0.29, 0.717) is 10.0 Å². The minimum atomic E-state index is -1.28. The molecule has 0 radical (unpaired) electrons. The molecule has 1 unspecified atom stereocenters. The number of nitrogens with zero attached hydrogens (tertiary/aromatic N) is 4. The van der Waals surface area contributed by atoms with Crippen molar-refractivity contribution in [3.05, 3.63) is 48.2 Å². The number of carbonyl (C=O) groups is 1. The number of benzene rings is 1. The van der Waals surface area contributed by atoms with Crippen LogP contribution in [0, 0.1) is 5.82 Å². The molecule has 1 aromatic carbocycles. The van der Waals surface area contributed by atoms with Gasteiger partial charge in [-0.15, -0.1) is 5.10 Å². The second-order valence-corrected chi connectivity index (χ2v) is 7.58. The molecule has 0 saturated heterocycles. The number of rotatable bonds is 6. The van der Waals surface area contributed by atoms with E-state index in [1.165, 1.54) is 43.0 Å². The lowest BCUT2D eigenvalue weighted by atomic mass is 10.2. The Labute approximate surface area is 160 Å². The van der Waals surface area contributed by atoms with Crippen LogP contribution in [0.3, 0.4) is 0 Å². The minimum absolute atomic E-state index is 0.0796. The smallest absolute Gasteiger partial charge is 0.325 e. The van der Waals surface area contributed by atoms with Gasteiger partial charge in [-0.05, 0) is 29.5 Å². The molecule has 12 heteroatoms. The first kappa shape index (κ1) is 18.9. The van der Waals surface area contributed by atoms with Crippen LogP contribution in [0.25, 0.3) is 0 Å². The van der Waals surface area contributed by atoms with Crippen molar-refractivity contribution in [2.24, 2.45) is 0 Å². The molecule has 0 spiro atoms. The number of aromatic nitrogens is 4. The molecule has 3 aromatic rings. The molecule has 0 saturated carbocycles. The van der Waals surface area contributed by atoms with Gasteiger partial charge in [0.15, 0.2) is 0 Å². The monoisotopic (exact) mass is 408 g/mol. The lowest BCUT2D eigenvalue weighted by molar-refractivity contribution is 0.262. The van der Waals surface area contributed by atoms with E-state index in [9.17, 15) is 13.7 Å². The second-order valence-electron chi connectivity index (χ2n) is 5.04. The van der Waals surface area contributed by atoms with Crippen LogP contribution in [0.5, 0.6) is 5.88 Å². The van der Waals surface area contributed by atoms with Crippen molar-refractivity contribution >= 4 is 39.4 Å². The number of halogens is 1. The van der Waals surface area contributed by atoms with E-state index in [1.54, 1.807) is 0 Å². The summed E-state index contributed by atoms with van der Waals surface area (Å²) in [5.41, 5.74) is 0.591. The van der Waals surface area contributed by atoms with Crippen LogP contribution in [-0.2, 0) is 17.8 Å². The first-order valence-electron chi connectivity index (χ1n) is 7.43. The van der Waals surface area contributed by atoms with Gasteiger partial charge in [0.25, 0.3) is 0 Å². The van der Waals surface area contributed by atoms with Crippen LogP contribution in [0.2, 0.25) is 0 Å². The number of nitrogens with one attached hydrogen (secondary N) is 2. The van der Waals surface area contributed by atoms with E-state index < -0.39 is 23.0 Å². The van der Waals surface area contributed by atoms with Crippen molar-refractivity contribution < 1.29 is 18.5 Å². The minimum Gasteiger partial charge on any atom is -0.610 e. The number of hydrogen-bond donors (Lipinski definition) is 2. The maximum Gasteiger partial charge on any atom is 0.325 e. The summed E-state index contributed by atoms with van der Waals surface area (Å²) in [7, 11) is 0. The maximum absolute atomic E-state index is 13.9. The van der Waals surface area contributed by atoms with Gasteiger partial charge in [0.05, 0.1) is 6.20 Å². The summed E-state index contributed by atoms with van der Waals surface area (Å²) in [5, 5.41) is 12.7. The van der Waals surface area contributed by atoms with Gasteiger partial charge in [0, 0.05) is 34.8 Å². The third-order valence-corrected chi connectivity index (χ3v) is 5.25. The fourth-order valence-corrected chi connectivity index (χ4v) is 3.25. The Morgan fingerprint density at radius 1 is 1.33 bits per heavy atom. The number of hydrogen-bond acceptors (Lipinski definition) is 8. The standard InChI is InChI=1S/C15H13FN6O3S2/c1-27(24)15-22-21-14(26-15)20-13(23)19-10-2-3-11(16)9(6-10)8-25-12-7-17-4-5-18-12/h2-7H,8H2,1H3,(H2,19,20,21,23). The molecular formula is C15H13FN6O3S2. The van der Waals surface area contributed by atoms with E-state index in [-0.39, 0.29) is 23.2 Å². The number of amides is 2. The second kappa shape index (κ2) is 8.70. The molecule has 2 aromatic heterocycles. The van der Waals surface area contributed by atoms with Gasteiger partial charge in [0.2, 0.25) is 11.0 Å². The SMILES string of the molecule is C[S+]([O-])c1nnc(NC(=O)Nc2ccc(F)c(COc3cnccn3)c2)s1. The average Bonchev–Trinajstić information content (AvgIpc) is 3.11. The molecule has 2 amide bonds. The largest absolute Gasteiger partial charge is 0.610 e. The van der Waals surface area contributed by atoms with Crippen LogP contribution < -0.4 is 15.4 Å². The Balaban J connectivity index is 1.61. The summed E-state index contributed by atoms with van der Waals surface area (Å²) in [4.78, 5) is 19.8. The Kier molecular flexibility index (Phi) is 6.11. The molecule has 3 rings (SSSR count). The molecular weight excluding hydrogens is 395 g/mol. The van der Waals surface area contributed by atoms with Crippen LogP contribution in [0.15, 0.2) is 41.1 Å². The van der Waals surface area contributed by atoms with Gasteiger partial charge in [-0.2, -0.15) is 0 Å². The van der Waals surface area contributed by atoms with Crippen molar-refractivity contribution in [3.63, 3.8) is 0 Å². The molecule has 2 heterocycles. The van der Waals surface area contributed by atoms with Gasteiger partial charge >= 0.3 is 10.4 Å². The van der Waals surface area contributed by atoms with Crippen molar-refractivity contribution in [2.75, 3.05) is 16.9 Å². The summed E-state index contributed by atoms with van der Waals surface area (Å²) >= 11 is -0.273. The summed E-state index contributed by atoms with van der Waals surface area (Å²) in [6, 6.07) is 3.48. The molecule has 1 atom stereocenters. The predicted molar refractivity (Wildman–Crippen MR) is 97.6 cm³/mol. The Hall–Kier alpha value is -2.83. The highest BCUT2D eigenvalue weighted by Gasteiger charge is 2.15. The van der Waals surface area contributed by atoms with Gasteiger partial charge in [0.1, 0.15) is 18.7 Å². The molecule has 0 aliphatic rings. The fourth-order valence-electron chi connectivity index (χ4n) is 1.91. The van der Waals surface area contributed by atoms with E-state index in [0.717, 1.165) is 11.3 Å². The van der Waals surface area contributed by atoms with Crippen LogP contribution in [0.4, 0.5) is 20.0 Å². The summed E-state index contributed by atoms with van der Waals surface area (Å²) < 4.78 is 30.9. The van der Waals surface area contributed by atoms with Crippen molar-refractivity contribution in [2.45, 2.75) is 10.9 Å². The molecule has 0 fully saturated rings. The van der Waals surface area contributed by atoms with E-state index >= 15 is 0 Å². The zero-order valence-electron chi connectivity index (χ0n) is 13.9. The van der Waals surface area contributed by atoms with Crippen molar-refractivity contribution in [1.82, 2.24) is 20.2 Å². The lowest BCUT2D eigenvalue weighted by Gasteiger charge is -2.09. The summed E-state index contributed by atoms with van der Waals surface area (Å²) in [6.07, 6.45) is 5.83. The first-order valence-corrected chi connectivity index (χ1v) is 9.81. The molecule has 0 aliphatic heterocycles. The number of anilines is 2. The normalized spacial score (nSPS) is 11.7. The Bertz CT molecular complexity index is 925. The highest BCUT2D eigenvalue weighted by atomic mass is 32.2. The van der Waals surface area contributed by atoms with Gasteiger partial charge in [-0.1, -0.05) is 5.10 Å². The van der Waals surface area contributed by atoms with Crippen LogP contribution in [0.1, 0.15) is 5.56 Å². The average molecular weight is 408 g/mol. The zero-order valence-corrected chi connectivity index (χ0v) is 15.5. The molecule has 9 nitrogen and oxygen atoms in total. The fraction of sp³-hybridized carbons (Fsp3) is 0.133.